The predicted molar refractivity (Wildman–Crippen MR) is 112 cm³/mol. The molecular weight excluding hydrogens is 384 g/mol. The standard InChI is InChI=1S/C23H26N2O5/c1-3-4-13-30-19-10-9-16(14-20(19)29-2)15-24-21(26)11-12-25-22(27)17-7-5-6-8-18(17)23(25)28/h5-10,14H,3-4,11-13,15H2,1-2H3,(H,24,26). The first-order valence-electron chi connectivity index (χ1n) is 10.1. The van der Waals surface area contributed by atoms with Crippen molar-refractivity contribution in [2.75, 3.05) is 20.3 Å². The molecule has 0 saturated carbocycles. The first-order chi connectivity index (χ1) is 14.5. The highest BCUT2D eigenvalue weighted by molar-refractivity contribution is 6.21. The zero-order chi connectivity index (χ0) is 21.5. The summed E-state index contributed by atoms with van der Waals surface area (Å²) in [5.41, 5.74) is 1.64. The van der Waals surface area contributed by atoms with Gasteiger partial charge in [0.15, 0.2) is 11.5 Å². The second-order valence-corrected chi connectivity index (χ2v) is 7.02. The Morgan fingerprint density at radius 2 is 1.73 bits per heavy atom. The molecule has 30 heavy (non-hydrogen) atoms. The molecule has 1 aliphatic heterocycles. The summed E-state index contributed by atoms with van der Waals surface area (Å²) in [4.78, 5) is 38.0. The normalized spacial score (nSPS) is 12.7. The number of carbonyl (C=O) groups is 3. The topological polar surface area (TPSA) is 84.9 Å². The third kappa shape index (κ3) is 4.79. The number of hydrogen-bond donors (Lipinski definition) is 1. The molecule has 0 aromatic heterocycles. The summed E-state index contributed by atoms with van der Waals surface area (Å²) in [6.07, 6.45) is 2.06. The molecule has 1 aliphatic rings. The summed E-state index contributed by atoms with van der Waals surface area (Å²) in [6, 6.07) is 12.2. The lowest BCUT2D eigenvalue weighted by Crippen LogP contribution is -2.34. The van der Waals surface area contributed by atoms with Gasteiger partial charge in [0.2, 0.25) is 5.91 Å². The molecule has 2 aromatic carbocycles. The fourth-order valence-electron chi connectivity index (χ4n) is 3.21. The van der Waals surface area contributed by atoms with E-state index < -0.39 is 0 Å². The number of carbonyl (C=O) groups excluding carboxylic acids is 3. The van der Waals surface area contributed by atoms with Gasteiger partial charge in [-0.1, -0.05) is 31.5 Å². The monoisotopic (exact) mass is 410 g/mol. The zero-order valence-electron chi connectivity index (χ0n) is 17.3. The molecule has 7 nitrogen and oxygen atoms in total. The van der Waals surface area contributed by atoms with Crippen LogP contribution in [-0.2, 0) is 11.3 Å². The number of nitrogens with zero attached hydrogens (tertiary/aromatic N) is 1. The van der Waals surface area contributed by atoms with Crippen molar-refractivity contribution in [3.8, 4) is 11.5 Å². The van der Waals surface area contributed by atoms with Gasteiger partial charge in [-0.25, -0.2) is 0 Å². The number of methoxy groups -OCH3 is 1. The molecule has 158 valence electrons. The van der Waals surface area contributed by atoms with E-state index in [0.29, 0.717) is 35.8 Å². The quantitative estimate of drug-likeness (QED) is 0.480. The minimum atomic E-state index is -0.355. The minimum Gasteiger partial charge on any atom is -0.493 e. The number of unbranched alkanes of at least 4 members (excludes halogenated alkanes) is 1. The number of rotatable bonds is 10. The van der Waals surface area contributed by atoms with Crippen LogP contribution in [0.3, 0.4) is 0 Å². The Bertz CT molecular complexity index is 906. The van der Waals surface area contributed by atoms with Crippen molar-refractivity contribution >= 4 is 17.7 Å². The Labute approximate surface area is 176 Å². The maximum atomic E-state index is 12.3. The molecule has 7 heteroatoms. The number of benzene rings is 2. The highest BCUT2D eigenvalue weighted by Crippen LogP contribution is 2.28. The van der Waals surface area contributed by atoms with Crippen LogP contribution in [0.5, 0.6) is 11.5 Å². The molecule has 0 spiro atoms. The van der Waals surface area contributed by atoms with E-state index in [1.807, 2.05) is 18.2 Å². The van der Waals surface area contributed by atoms with Gasteiger partial charge in [0.05, 0.1) is 24.8 Å². The lowest BCUT2D eigenvalue weighted by molar-refractivity contribution is -0.121. The van der Waals surface area contributed by atoms with Gasteiger partial charge in [-0.3, -0.25) is 19.3 Å². The molecule has 1 N–H and O–H groups in total. The van der Waals surface area contributed by atoms with E-state index in [0.717, 1.165) is 23.3 Å². The van der Waals surface area contributed by atoms with Gasteiger partial charge >= 0.3 is 0 Å². The van der Waals surface area contributed by atoms with E-state index in [9.17, 15) is 14.4 Å². The lowest BCUT2D eigenvalue weighted by Gasteiger charge is -2.14. The summed E-state index contributed by atoms with van der Waals surface area (Å²) in [5.74, 6) is 0.336. The summed E-state index contributed by atoms with van der Waals surface area (Å²) >= 11 is 0. The van der Waals surface area contributed by atoms with Crippen molar-refractivity contribution in [2.24, 2.45) is 0 Å². The number of imide groups is 1. The maximum Gasteiger partial charge on any atom is 0.261 e. The molecule has 0 radical (unpaired) electrons. The van der Waals surface area contributed by atoms with Crippen molar-refractivity contribution in [3.63, 3.8) is 0 Å². The van der Waals surface area contributed by atoms with Gasteiger partial charge in [-0.05, 0) is 36.2 Å². The summed E-state index contributed by atoms with van der Waals surface area (Å²) in [5, 5.41) is 2.81. The first-order valence-corrected chi connectivity index (χ1v) is 10.1. The van der Waals surface area contributed by atoms with Crippen molar-refractivity contribution in [1.29, 1.82) is 0 Å². The molecule has 3 amide bonds. The van der Waals surface area contributed by atoms with Gasteiger partial charge in [0.25, 0.3) is 11.8 Å². The van der Waals surface area contributed by atoms with Crippen LogP contribution < -0.4 is 14.8 Å². The van der Waals surface area contributed by atoms with E-state index in [1.165, 1.54) is 0 Å². The Hall–Kier alpha value is -3.35. The number of ether oxygens (including phenoxy) is 2. The van der Waals surface area contributed by atoms with E-state index in [4.69, 9.17) is 9.47 Å². The fourth-order valence-corrected chi connectivity index (χ4v) is 3.21. The van der Waals surface area contributed by atoms with Gasteiger partial charge < -0.3 is 14.8 Å². The Balaban J connectivity index is 1.50. The van der Waals surface area contributed by atoms with Crippen molar-refractivity contribution in [1.82, 2.24) is 10.2 Å². The van der Waals surface area contributed by atoms with Crippen LogP contribution in [0, 0.1) is 0 Å². The van der Waals surface area contributed by atoms with Crippen LogP contribution in [0.2, 0.25) is 0 Å². The molecule has 0 atom stereocenters. The van der Waals surface area contributed by atoms with Gasteiger partial charge in [0, 0.05) is 19.5 Å². The first kappa shape index (κ1) is 21.4. The van der Waals surface area contributed by atoms with E-state index in [2.05, 4.69) is 12.2 Å². The van der Waals surface area contributed by atoms with Gasteiger partial charge in [-0.2, -0.15) is 0 Å². The largest absolute Gasteiger partial charge is 0.493 e. The Morgan fingerprint density at radius 3 is 2.37 bits per heavy atom. The predicted octanol–water partition coefficient (Wildman–Crippen LogP) is 3.18. The second-order valence-electron chi connectivity index (χ2n) is 7.02. The highest BCUT2D eigenvalue weighted by atomic mass is 16.5. The molecule has 2 aromatic rings. The van der Waals surface area contributed by atoms with E-state index in [-0.39, 0.29) is 30.7 Å². The highest BCUT2D eigenvalue weighted by Gasteiger charge is 2.34. The summed E-state index contributed by atoms with van der Waals surface area (Å²) in [7, 11) is 1.58. The molecule has 1 heterocycles. The summed E-state index contributed by atoms with van der Waals surface area (Å²) in [6.45, 7) is 3.08. The average Bonchev–Trinajstić information content (AvgIpc) is 3.01. The molecule has 0 bridgehead atoms. The van der Waals surface area contributed by atoms with Crippen LogP contribution in [0.15, 0.2) is 42.5 Å². The lowest BCUT2D eigenvalue weighted by atomic mass is 10.1. The molecule has 0 unspecified atom stereocenters. The Kier molecular flexibility index (Phi) is 7.06. The third-order valence-corrected chi connectivity index (χ3v) is 4.91. The smallest absolute Gasteiger partial charge is 0.261 e. The van der Waals surface area contributed by atoms with E-state index in [1.54, 1.807) is 31.4 Å². The van der Waals surface area contributed by atoms with Crippen molar-refractivity contribution in [2.45, 2.75) is 32.7 Å². The molecule has 3 rings (SSSR count). The number of hydrogen-bond acceptors (Lipinski definition) is 5. The number of amides is 3. The van der Waals surface area contributed by atoms with Crippen molar-refractivity contribution in [3.05, 3.63) is 59.2 Å². The van der Waals surface area contributed by atoms with Gasteiger partial charge in [-0.15, -0.1) is 0 Å². The average molecular weight is 410 g/mol. The third-order valence-electron chi connectivity index (χ3n) is 4.91. The van der Waals surface area contributed by atoms with Crippen LogP contribution in [-0.4, -0.2) is 42.9 Å². The summed E-state index contributed by atoms with van der Waals surface area (Å²) < 4.78 is 11.1. The SMILES string of the molecule is CCCCOc1ccc(CNC(=O)CCN2C(=O)c3ccccc3C2=O)cc1OC. The zero-order valence-corrected chi connectivity index (χ0v) is 17.3. The van der Waals surface area contributed by atoms with Crippen LogP contribution in [0.4, 0.5) is 0 Å². The minimum absolute atomic E-state index is 0.0425. The van der Waals surface area contributed by atoms with Crippen LogP contribution in [0.25, 0.3) is 0 Å². The second kappa shape index (κ2) is 9.91. The number of nitrogens with one attached hydrogen (secondary N) is 1. The molecule has 0 aliphatic carbocycles. The van der Waals surface area contributed by atoms with Crippen LogP contribution >= 0.6 is 0 Å². The van der Waals surface area contributed by atoms with Crippen LogP contribution in [0.1, 0.15) is 52.5 Å². The molecular formula is C23H26N2O5. The van der Waals surface area contributed by atoms with Gasteiger partial charge in [0.1, 0.15) is 0 Å². The van der Waals surface area contributed by atoms with E-state index >= 15 is 0 Å². The Morgan fingerprint density at radius 1 is 1.03 bits per heavy atom. The maximum absolute atomic E-state index is 12.3. The molecule has 0 saturated heterocycles. The van der Waals surface area contributed by atoms with Crippen molar-refractivity contribution < 1.29 is 23.9 Å². The fraction of sp³-hybridized carbons (Fsp3) is 0.348. The molecule has 0 fully saturated rings. The number of fused-ring (bicyclic) bond motifs is 1.